The summed E-state index contributed by atoms with van der Waals surface area (Å²) in [5.74, 6) is -0.475. The predicted octanol–water partition coefficient (Wildman–Crippen LogP) is 5.39. The van der Waals surface area contributed by atoms with Gasteiger partial charge in [-0.25, -0.2) is 14.2 Å². The lowest BCUT2D eigenvalue weighted by Crippen LogP contribution is -2.30. The number of aryl methyl sites for hydroxylation is 1. The van der Waals surface area contributed by atoms with E-state index in [9.17, 15) is 14.3 Å². The van der Waals surface area contributed by atoms with Crippen LogP contribution >= 0.6 is 0 Å². The number of rotatable bonds is 7. The molecule has 162 valence electrons. The lowest BCUT2D eigenvalue weighted by molar-refractivity contribution is -0.0176. The first kappa shape index (κ1) is 21.1. The van der Waals surface area contributed by atoms with E-state index < -0.39 is 5.97 Å². The van der Waals surface area contributed by atoms with Crippen molar-refractivity contribution in [1.82, 2.24) is 4.98 Å². The van der Waals surface area contributed by atoms with Crippen LogP contribution in [0, 0.1) is 12.7 Å². The number of halogens is 1. The molecule has 0 aliphatic heterocycles. The molecule has 1 fully saturated rings. The Morgan fingerprint density at radius 2 is 1.97 bits per heavy atom. The number of hydrogen-bond acceptors (Lipinski definition) is 5. The second kappa shape index (κ2) is 9.31. The number of carbonyl (C=O) groups is 1. The number of ether oxygens (including phenoxy) is 2. The Balaban J connectivity index is 1.34. The maximum Gasteiger partial charge on any atom is 0.339 e. The van der Waals surface area contributed by atoms with Gasteiger partial charge in [0, 0.05) is 12.0 Å². The fourth-order valence-corrected chi connectivity index (χ4v) is 3.85. The molecular weight excluding hydrogens is 401 g/mol. The van der Waals surface area contributed by atoms with E-state index in [2.05, 4.69) is 4.98 Å². The van der Waals surface area contributed by atoms with Crippen LogP contribution in [0.2, 0.25) is 0 Å². The number of oxazole rings is 1. The van der Waals surface area contributed by atoms with Crippen molar-refractivity contribution in [3.05, 3.63) is 71.4 Å². The molecular formula is C24H24FNO5. The summed E-state index contributed by atoms with van der Waals surface area (Å²) in [5.41, 5.74) is 2.25. The molecule has 1 aliphatic carbocycles. The summed E-state index contributed by atoms with van der Waals surface area (Å²) in [6.07, 6.45) is 4.79. The van der Waals surface area contributed by atoms with Crippen LogP contribution in [0.1, 0.15) is 47.3 Å². The zero-order chi connectivity index (χ0) is 21.8. The highest BCUT2D eigenvalue weighted by molar-refractivity contribution is 5.92. The Kier molecular flexibility index (Phi) is 6.32. The van der Waals surface area contributed by atoms with Gasteiger partial charge in [0.05, 0.1) is 12.7 Å². The fourth-order valence-electron chi connectivity index (χ4n) is 3.85. The highest BCUT2D eigenvalue weighted by Gasteiger charge is 2.26. The molecule has 3 aromatic rings. The molecule has 2 aromatic carbocycles. The molecule has 1 heterocycles. The van der Waals surface area contributed by atoms with Crippen LogP contribution in [0.3, 0.4) is 0 Å². The number of hydrogen-bond donors (Lipinski definition) is 1. The second-order valence-corrected chi connectivity index (χ2v) is 7.74. The molecule has 0 radical (unpaired) electrons. The molecule has 1 saturated carbocycles. The summed E-state index contributed by atoms with van der Waals surface area (Å²) in [5, 5.41) is 9.50. The van der Waals surface area contributed by atoms with Crippen molar-refractivity contribution in [2.45, 2.75) is 51.4 Å². The average Bonchev–Trinajstić information content (AvgIpc) is 3.22. The van der Waals surface area contributed by atoms with Crippen LogP contribution in [-0.4, -0.2) is 28.3 Å². The molecule has 1 aliphatic rings. The van der Waals surface area contributed by atoms with Crippen LogP contribution in [0.5, 0.6) is 5.75 Å². The van der Waals surface area contributed by atoms with Crippen LogP contribution in [0.25, 0.3) is 11.5 Å². The van der Waals surface area contributed by atoms with E-state index in [-0.39, 0.29) is 23.6 Å². The lowest BCUT2D eigenvalue weighted by Gasteiger charge is -2.30. The SMILES string of the molecule is Cc1cccc(O[C@@H]2CCC[C@H](OCc3coc(-c4ccc(F)cc4)n3)C2)c1C(=O)O. The summed E-state index contributed by atoms with van der Waals surface area (Å²) >= 11 is 0. The van der Waals surface area contributed by atoms with Gasteiger partial charge >= 0.3 is 5.97 Å². The highest BCUT2D eigenvalue weighted by Crippen LogP contribution is 2.29. The first-order valence-electron chi connectivity index (χ1n) is 10.3. The van der Waals surface area contributed by atoms with Gasteiger partial charge in [0.1, 0.15) is 35.2 Å². The number of benzene rings is 2. The first-order valence-corrected chi connectivity index (χ1v) is 10.3. The third-order valence-electron chi connectivity index (χ3n) is 5.43. The largest absolute Gasteiger partial charge is 0.489 e. The Bertz CT molecular complexity index is 1050. The summed E-state index contributed by atoms with van der Waals surface area (Å²) in [7, 11) is 0. The molecule has 1 aromatic heterocycles. The van der Waals surface area contributed by atoms with Gasteiger partial charge in [-0.3, -0.25) is 0 Å². The standard InChI is InChI=1S/C24H24FNO5/c1-15-4-2-7-21(22(15)24(27)28)31-20-6-3-5-19(12-20)29-13-18-14-30-23(26-18)16-8-10-17(25)11-9-16/h2,4,7-11,14,19-20H,3,5-6,12-13H2,1H3,(H,27,28)/t19-,20+/m0/s1. The van der Waals surface area contributed by atoms with E-state index in [0.29, 0.717) is 41.5 Å². The number of aromatic carboxylic acids is 1. The Morgan fingerprint density at radius 3 is 2.74 bits per heavy atom. The van der Waals surface area contributed by atoms with E-state index in [1.807, 2.05) is 0 Å². The van der Waals surface area contributed by atoms with Crippen LogP contribution in [0.4, 0.5) is 4.39 Å². The van der Waals surface area contributed by atoms with Gasteiger partial charge in [-0.05, 0) is 62.1 Å². The molecule has 0 amide bonds. The Hall–Kier alpha value is -3.19. The number of aromatic nitrogens is 1. The van der Waals surface area contributed by atoms with E-state index in [1.165, 1.54) is 12.1 Å². The van der Waals surface area contributed by atoms with Crippen molar-refractivity contribution in [3.8, 4) is 17.2 Å². The topological polar surface area (TPSA) is 81.8 Å². The van der Waals surface area contributed by atoms with Gasteiger partial charge in [0.2, 0.25) is 5.89 Å². The lowest BCUT2D eigenvalue weighted by atomic mass is 9.94. The second-order valence-electron chi connectivity index (χ2n) is 7.74. The van der Waals surface area contributed by atoms with Gasteiger partial charge in [0.15, 0.2) is 0 Å². The maximum atomic E-state index is 13.1. The normalized spacial score (nSPS) is 18.6. The summed E-state index contributed by atoms with van der Waals surface area (Å²) in [4.78, 5) is 16.0. The molecule has 0 bridgehead atoms. The van der Waals surface area contributed by atoms with Crippen LogP contribution in [0.15, 0.2) is 53.1 Å². The molecule has 6 nitrogen and oxygen atoms in total. The molecule has 0 unspecified atom stereocenters. The molecule has 4 rings (SSSR count). The van der Waals surface area contributed by atoms with E-state index in [1.54, 1.807) is 43.5 Å². The van der Waals surface area contributed by atoms with Crippen molar-refractivity contribution in [2.75, 3.05) is 0 Å². The molecule has 31 heavy (non-hydrogen) atoms. The monoisotopic (exact) mass is 425 g/mol. The summed E-state index contributed by atoms with van der Waals surface area (Å²) in [6.45, 7) is 2.06. The quantitative estimate of drug-likeness (QED) is 0.546. The zero-order valence-electron chi connectivity index (χ0n) is 17.2. The molecule has 0 saturated heterocycles. The van der Waals surface area contributed by atoms with Gasteiger partial charge in [-0.1, -0.05) is 12.1 Å². The van der Waals surface area contributed by atoms with E-state index in [0.717, 1.165) is 19.3 Å². The Labute approximate surface area is 179 Å². The minimum atomic E-state index is -0.986. The average molecular weight is 425 g/mol. The summed E-state index contributed by atoms with van der Waals surface area (Å²) in [6, 6.07) is 11.2. The van der Waals surface area contributed by atoms with Crippen LogP contribution < -0.4 is 4.74 Å². The first-order chi connectivity index (χ1) is 15.0. The van der Waals surface area contributed by atoms with Crippen LogP contribution in [-0.2, 0) is 11.3 Å². The van der Waals surface area contributed by atoms with Crippen molar-refractivity contribution in [2.24, 2.45) is 0 Å². The van der Waals surface area contributed by atoms with Gasteiger partial charge in [-0.15, -0.1) is 0 Å². The van der Waals surface area contributed by atoms with Gasteiger partial charge in [0.25, 0.3) is 0 Å². The van der Waals surface area contributed by atoms with Crippen molar-refractivity contribution < 1.29 is 28.2 Å². The number of carboxylic acid groups (broad SMARTS) is 1. The molecule has 7 heteroatoms. The number of carboxylic acids is 1. The van der Waals surface area contributed by atoms with Crippen molar-refractivity contribution >= 4 is 5.97 Å². The third kappa shape index (κ3) is 5.11. The Morgan fingerprint density at radius 1 is 1.19 bits per heavy atom. The number of nitrogens with zero attached hydrogens (tertiary/aromatic N) is 1. The van der Waals surface area contributed by atoms with Gasteiger partial charge < -0.3 is 19.0 Å². The fraction of sp³-hybridized carbons (Fsp3) is 0.333. The van der Waals surface area contributed by atoms with E-state index in [4.69, 9.17) is 13.9 Å². The summed E-state index contributed by atoms with van der Waals surface area (Å²) < 4.78 is 30.6. The van der Waals surface area contributed by atoms with E-state index >= 15 is 0 Å². The minimum absolute atomic E-state index is 0.0113. The zero-order valence-corrected chi connectivity index (χ0v) is 17.2. The van der Waals surface area contributed by atoms with Crippen molar-refractivity contribution in [1.29, 1.82) is 0 Å². The smallest absolute Gasteiger partial charge is 0.339 e. The third-order valence-corrected chi connectivity index (χ3v) is 5.43. The maximum absolute atomic E-state index is 13.1. The molecule has 0 spiro atoms. The van der Waals surface area contributed by atoms with Gasteiger partial charge in [-0.2, -0.15) is 0 Å². The minimum Gasteiger partial charge on any atom is -0.489 e. The predicted molar refractivity (Wildman–Crippen MR) is 111 cm³/mol. The molecule has 1 N–H and O–H groups in total. The van der Waals surface area contributed by atoms with Crippen molar-refractivity contribution in [3.63, 3.8) is 0 Å². The highest BCUT2D eigenvalue weighted by atomic mass is 19.1. The molecule has 2 atom stereocenters.